The lowest BCUT2D eigenvalue weighted by Crippen LogP contribution is -2.34. The van der Waals surface area contributed by atoms with Crippen LogP contribution in [0.4, 0.5) is 13.2 Å². The van der Waals surface area contributed by atoms with Crippen LogP contribution in [0.25, 0.3) is 0 Å². The fourth-order valence-electron chi connectivity index (χ4n) is 2.49. The van der Waals surface area contributed by atoms with E-state index in [1.807, 2.05) is 6.92 Å². The van der Waals surface area contributed by atoms with Crippen molar-refractivity contribution in [3.05, 3.63) is 29.8 Å². The summed E-state index contributed by atoms with van der Waals surface area (Å²) in [5.74, 6) is 5.41. The summed E-state index contributed by atoms with van der Waals surface area (Å²) in [6.45, 7) is 2.48. The lowest BCUT2D eigenvalue weighted by molar-refractivity contribution is -0.274. The Morgan fingerprint density at radius 2 is 2.20 bits per heavy atom. The molecule has 0 aliphatic carbocycles. The van der Waals surface area contributed by atoms with E-state index in [4.69, 9.17) is 10.6 Å². The molecule has 4 nitrogen and oxygen atoms in total. The molecule has 112 valence electrons. The van der Waals surface area contributed by atoms with E-state index in [-0.39, 0.29) is 23.8 Å². The van der Waals surface area contributed by atoms with Gasteiger partial charge in [-0.3, -0.25) is 11.3 Å². The first-order valence-electron chi connectivity index (χ1n) is 6.32. The molecular formula is C13H17F3N2O2. The van der Waals surface area contributed by atoms with Crippen molar-refractivity contribution >= 4 is 0 Å². The number of halogens is 3. The van der Waals surface area contributed by atoms with Gasteiger partial charge >= 0.3 is 6.36 Å². The number of benzene rings is 1. The second kappa shape index (κ2) is 5.99. The van der Waals surface area contributed by atoms with E-state index >= 15 is 0 Å². The van der Waals surface area contributed by atoms with E-state index in [1.54, 1.807) is 6.07 Å². The van der Waals surface area contributed by atoms with Gasteiger partial charge < -0.3 is 9.47 Å². The number of alkyl halides is 3. The molecule has 0 radical (unpaired) electrons. The Kier molecular flexibility index (Phi) is 4.52. The molecule has 1 fully saturated rings. The highest BCUT2D eigenvalue weighted by atomic mass is 19.4. The number of nitrogens with two attached hydrogens (primary N) is 1. The van der Waals surface area contributed by atoms with Crippen LogP contribution in [0.5, 0.6) is 5.75 Å². The van der Waals surface area contributed by atoms with Gasteiger partial charge in [-0.2, -0.15) is 0 Å². The third-order valence-electron chi connectivity index (χ3n) is 3.33. The van der Waals surface area contributed by atoms with Gasteiger partial charge in [0.2, 0.25) is 0 Å². The van der Waals surface area contributed by atoms with Crippen molar-refractivity contribution in [3.8, 4) is 5.75 Å². The fraction of sp³-hybridized carbons (Fsp3) is 0.538. The average Bonchev–Trinajstić information content (AvgIpc) is 2.75. The van der Waals surface area contributed by atoms with Gasteiger partial charge in [-0.25, -0.2) is 0 Å². The predicted octanol–water partition coefficient (Wildman–Crippen LogP) is 2.51. The van der Waals surface area contributed by atoms with Crippen LogP contribution in [0.3, 0.4) is 0 Å². The Morgan fingerprint density at radius 3 is 2.75 bits per heavy atom. The molecule has 0 saturated carbocycles. The van der Waals surface area contributed by atoms with E-state index in [9.17, 15) is 13.2 Å². The molecule has 1 aromatic rings. The minimum Gasteiger partial charge on any atom is -0.406 e. The van der Waals surface area contributed by atoms with Crippen molar-refractivity contribution in [1.82, 2.24) is 5.43 Å². The van der Waals surface area contributed by atoms with Crippen molar-refractivity contribution in [2.24, 2.45) is 11.8 Å². The first kappa shape index (κ1) is 15.1. The molecular weight excluding hydrogens is 273 g/mol. The topological polar surface area (TPSA) is 56.5 Å². The molecule has 3 unspecified atom stereocenters. The Bertz CT molecular complexity index is 453. The maximum Gasteiger partial charge on any atom is 0.573 e. The summed E-state index contributed by atoms with van der Waals surface area (Å²) in [7, 11) is 0. The van der Waals surface area contributed by atoms with Crippen molar-refractivity contribution in [3.63, 3.8) is 0 Å². The lowest BCUT2D eigenvalue weighted by atomic mass is 9.91. The highest BCUT2D eigenvalue weighted by Gasteiger charge is 2.33. The summed E-state index contributed by atoms with van der Waals surface area (Å²) in [6, 6.07) is 5.58. The SMILES string of the molecule is CC1CC(C(NN)c2cccc(OC(F)(F)F)c2)CO1. The minimum absolute atomic E-state index is 0.121. The normalized spacial score (nSPS) is 24.6. The van der Waals surface area contributed by atoms with Crippen molar-refractivity contribution in [2.75, 3.05) is 6.61 Å². The smallest absolute Gasteiger partial charge is 0.406 e. The van der Waals surface area contributed by atoms with Gasteiger partial charge in [0, 0.05) is 5.92 Å². The Labute approximate surface area is 115 Å². The summed E-state index contributed by atoms with van der Waals surface area (Å²) in [4.78, 5) is 0. The number of hydrogen-bond donors (Lipinski definition) is 2. The number of hydrazine groups is 1. The maximum absolute atomic E-state index is 12.2. The number of ether oxygens (including phenoxy) is 2. The molecule has 1 aliphatic rings. The van der Waals surface area contributed by atoms with Crippen LogP contribution in [-0.4, -0.2) is 19.1 Å². The second-order valence-electron chi connectivity index (χ2n) is 4.90. The molecule has 3 atom stereocenters. The van der Waals surface area contributed by atoms with E-state index in [0.29, 0.717) is 12.2 Å². The second-order valence-corrected chi connectivity index (χ2v) is 4.90. The Balaban J connectivity index is 2.15. The van der Waals surface area contributed by atoms with E-state index in [2.05, 4.69) is 10.2 Å². The zero-order valence-corrected chi connectivity index (χ0v) is 11.0. The molecule has 1 saturated heterocycles. The van der Waals surface area contributed by atoms with Crippen LogP contribution >= 0.6 is 0 Å². The highest BCUT2D eigenvalue weighted by Crippen LogP contribution is 2.33. The molecule has 7 heteroatoms. The first-order chi connectivity index (χ1) is 9.39. The summed E-state index contributed by atoms with van der Waals surface area (Å²) < 4.78 is 46.1. The largest absolute Gasteiger partial charge is 0.573 e. The summed E-state index contributed by atoms with van der Waals surface area (Å²) >= 11 is 0. The molecule has 0 amide bonds. The quantitative estimate of drug-likeness (QED) is 0.661. The van der Waals surface area contributed by atoms with Gasteiger partial charge in [-0.05, 0) is 31.0 Å². The van der Waals surface area contributed by atoms with Gasteiger partial charge in [0.05, 0.1) is 18.8 Å². The zero-order valence-electron chi connectivity index (χ0n) is 11.0. The van der Waals surface area contributed by atoms with Gasteiger partial charge in [0.1, 0.15) is 5.75 Å². The van der Waals surface area contributed by atoms with Gasteiger partial charge in [0.25, 0.3) is 0 Å². The zero-order chi connectivity index (χ0) is 14.8. The Hall–Kier alpha value is -1.31. The fourth-order valence-corrected chi connectivity index (χ4v) is 2.49. The number of nitrogens with one attached hydrogen (secondary N) is 1. The first-order valence-corrected chi connectivity index (χ1v) is 6.32. The van der Waals surface area contributed by atoms with E-state index < -0.39 is 6.36 Å². The van der Waals surface area contributed by atoms with Crippen LogP contribution in [0.2, 0.25) is 0 Å². The molecule has 0 bridgehead atoms. The average molecular weight is 290 g/mol. The van der Waals surface area contributed by atoms with Crippen molar-refractivity contribution in [2.45, 2.75) is 31.9 Å². The monoisotopic (exact) mass is 290 g/mol. The number of rotatable bonds is 4. The molecule has 1 aromatic carbocycles. The summed E-state index contributed by atoms with van der Waals surface area (Å²) in [5.41, 5.74) is 3.30. The predicted molar refractivity (Wildman–Crippen MR) is 66.7 cm³/mol. The molecule has 3 N–H and O–H groups in total. The van der Waals surface area contributed by atoms with E-state index in [1.165, 1.54) is 18.2 Å². The van der Waals surface area contributed by atoms with Crippen molar-refractivity contribution in [1.29, 1.82) is 0 Å². The molecule has 2 rings (SSSR count). The van der Waals surface area contributed by atoms with Gasteiger partial charge in [0.15, 0.2) is 0 Å². The maximum atomic E-state index is 12.2. The third-order valence-corrected chi connectivity index (χ3v) is 3.33. The van der Waals surface area contributed by atoms with Crippen LogP contribution in [0.15, 0.2) is 24.3 Å². The van der Waals surface area contributed by atoms with Gasteiger partial charge in [-0.1, -0.05) is 12.1 Å². The standard InChI is InChI=1S/C13H17F3N2O2/c1-8-5-10(7-19-8)12(18-17)9-3-2-4-11(6-9)20-13(14,15)16/h2-4,6,8,10,12,18H,5,7,17H2,1H3. The Morgan fingerprint density at radius 1 is 1.45 bits per heavy atom. The third kappa shape index (κ3) is 3.84. The molecule has 0 spiro atoms. The van der Waals surface area contributed by atoms with Crippen LogP contribution in [0.1, 0.15) is 24.9 Å². The van der Waals surface area contributed by atoms with Crippen LogP contribution < -0.4 is 16.0 Å². The van der Waals surface area contributed by atoms with E-state index in [0.717, 1.165) is 6.42 Å². The van der Waals surface area contributed by atoms with Crippen LogP contribution in [0, 0.1) is 5.92 Å². The molecule has 1 aliphatic heterocycles. The summed E-state index contributed by atoms with van der Waals surface area (Å²) in [6.07, 6.45) is -3.76. The summed E-state index contributed by atoms with van der Waals surface area (Å²) in [5, 5.41) is 0. The highest BCUT2D eigenvalue weighted by molar-refractivity contribution is 5.31. The molecule has 1 heterocycles. The lowest BCUT2D eigenvalue weighted by Gasteiger charge is -2.22. The molecule has 0 aromatic heterocycles. The number of hydrogen-bond acceptors (Lipinski definition) is 4. The van der Waals surface area contributed by atoms with Crippen molar-refractivity contribution < 1.29 is 22.6 Å². The minimum atomic E-state index is -4.70. The van der Waals surface area contributed by atoms with Crippen LogP contribution in [-0.2, 0) is 4.74 Å². The molecule has 20 heavy (non-hydrogen) atoms. The van der Waals surface area contributed by atoms with Gasteiger partial charge in [-0.15, -0.1) is 13.2 Å².